The zero-order valence-corrected chi connectivity index (χ0v) is 13.8. The van der Waals surface area contributed by atoms with Crippen LogP contribution in [0.25, 0.3) is 11.0 Å². The Labute approximate surface area is 139 Å². The number of carbonyl (C=O) groups is 2. The molecule has 1 aliphatic rings. The van der Waals surface area contributed by atoms with Crippen LogP contribution in [0.15, 0.2) is 22.8 Å². The van der Waals surface area contributed by atoms with Crippen molar-refractivity contribution in [3.05, 3.63) is 23.8 Å². The van der Waals surface area contributed by atoms with Gasteiger partial charge in [-0.25, -0.2) is 4.63 Å². The number of amides is 2. The number of nitrogens with zero attached hydrogens (tertiary/aromatic N) is 4. The molecule has 0 N–H and O–H groups in total. The summed E-state index contributed by atoms with van der Waals surface area (Å²) in [6.45, 7) is 1.91. The van der Waals surface area contributed by atoms with Gasteiger partial charge in [0.05, 0.1) is 12.5 Å². The minimum Gasteiger partial charge on any atom is -0.383 e. The molecular weight excluding hydrogens is 312 g/mol. The molecule has 1 saturated heterocycles. The SMILES string of the molecule is COCCN1CC(C(=O)N(C)Cc2ccc3nonc3c2)CC1=O. The molecule has 8 heteroatoms. The van der Waals surface area contributed by atoms with Crippen molar-refractivity contribution >= 4 is 22.8 Å². The van der Waals surface area contributed by atoms with E-state index in [2.05, 4.69) is 14.9 Å². The Balaban J connectivity index is 1.61. The van der Waals surface area contributed by atoms with E-state index in [1.807, 2.05) is 18.2 Å². The number of hydrogen-bond acceptors (Lipinski definition) is 6. The molecule has 2 heterocycles. The van der Waals surface area contributed by atoms with Crippen molar-refractivity contribution in [2.24, 2.45) is 5.92 Å². The summed E-state index contributed by atoms with van der Waals surface area (Å²) in [6.07, 6.45) is 0.263. The average Bonchev–Trinajstić information content (AvgIpc) is 3.18. The number of likely N-dealkylation sites (tertiary alicyclic amines) is 1. The first-order valence-corrected chi connectivity index (χ1v) is 7.81. The molecule has 1 atom stereocenters. The number of rotatable bonds is 6. The van der Waals surface area contributed by atoms with Crippen molar-refractivity contribution in [2.75, 3.05) is 33.9 Å². The molecule has 24 heavy (non-hydrogen) atoms. The van der Waals surface area contributed by atoms with Gasteiger partial charge in [-0.3, -0.25) is 9.59 Å². The predicted molar refractivity (Wildman–Crippen MR) is 84.8 cm³/mol. The van der Waals surface area contributed by atoms with Crippen LogP contribution in [-0.4, -0.2) is 65.8 Å². The van der Waals surface area contributed by atoms with Crippen molar-refractivity contribution < 1.29 is 19.0 Å². The standard InChI is InChI=1S/C16H20N4O4/c1-19(9-11-3-4-13-14(7-11)18-24-17-13)16(22)12-8-15(21)20(10-12)5-6-23-2/h3-4,7,12H,5-6,8-10H2,1-2H3. The molecule has 1 unspecified atom stereocenters. The Morgan fingerprint density at radius 3 is 3.00 bits per heavy atom. The van der Waals surface area contributed by atoms with Gasteiger partial charge in [-0.05, 0) is 28.0 Å². The van der Waals surface area contributed by atoms with Gasteiger partial charge < -0.3 is 14.5 Å². The molecule has 0 aliphatic carbocycles. The van der Waals surface area contributed by atoms with Crippen LogP contribution < -0.4 is 0 Å². The first-order chi connectivity index (χ1) is 11.6. The van der Waals surface area contributed by atoms with Gasteiger partial charge in [0.25, 0.3) is 0 Å². The van der Waals surface area contributed by atoms with Crippen molar-refractivity contribution in [1.82, 2.24) is 20.1 Å². The summed E-state index contributed by atoms with van der Waals surface area (Å²) in [5.74, 6) is -0.313. The predicted octanol–water partition coefficient (Wildman–Crippen LogP) is 0.676. The number of methoxy groups -OCH3 is 1. The van der Waals surface area contributed by atoms with Crippen LogP contribution in [0.1, 0.15) is 12.0 Å². The Hall–Kier alpha value is -2.48. The van der Waals surface area contributed by atoms with Crippen LogP contribution in [0.4, 0.5) is 0 Å². The second kappa shape index (κ2) is 6.96. The van der Waals surface area contributed by atoms with E-state index in [0.29, 0.717) is 37.3 Å². The van der Waals surface area contributed by atoms with Crippen LogP contribution in [0.2, 0.25) is 0 Å². The third-order valence-corrected chi connectivity index (χ3v) is 4.24. The molecule has 2 aromatic rings. The monoisotopic (exact) mass is 332 g/mol. The van der Waals surface area contributed by atoms with E-state index in [1.165, 1.54) is 0 Å². The number of ether oxygens (including phenoxy) is 1. The number of benzene rings is 1. The first-order valence-electron chi connectivity index (χ1n) is 7.81. The highest BCUT2D eigenvalue weighted by atomic mass is 16.6. The van der Waals surface area contributed by atoms with Crippen molar-refractivity contribution in [3.8, 4) is 0 Å². The summed E-state index contributed by atoms with van der Waals surface area (Å²) in [7, 11) is 3.34. The van der Waals surface area contributed by atoms with E-state index in [-0.39, 0.29) is 24.2 Å². The van der Waals surface area contributed by atoms with Gasteiger partial charge in [-0.15, -0.1) is 0 Å². The normalized spacial score (nSPS) is 17.7. The largest absolute Gasteiger partial charge is 0.383 e. The summed E-state index contributed by atoms with van der Waals surface area (Å²) in [4.78, 5) is 27.9. The lowest BCUT2D eigenvalue weighted by Gasteiger charge is -2.21. The molecule has 128 valence electrons. The van der Waals surface area contributed by atoms with Gasteiger partial charge in [-0.2, -0.15) is 0 Å². The highest BCUT2D eigenvalue weighted by Gasteiger charge is 2.35. The van der Waals surface area contributed by atoms with Crippen molar-refractivity contribution in [2.45, 2.75) is 13.0 Å². The molecule has 2 amide bonds. The van der Waals surface area contributed by atoms with Gasteiger partial charge in [0, 0.05) is 40.2 Å². The van der Waals surface area contributed by atoms with Crippen LogP contribution in [-0.2, 0) is 20.9 Å². The highest BCUT2D eigenvalue weighted by molar-refractivity contribution is 5.89. The maximum absolute atomic E-state index is 12.6. The zero-order chi connectivity index (χ0) is 17.1. The molecule has 1 aromatic heterocycles. The van der Waals surface area contributed by atoms with Crippen LogP contribution in [0.5, 0.6) is 0 Å². The van der Waals surface area contributed by atoms with E-state index >= 15 is 0 Å². The van der Waals surface area contributed by atoms with E-state index in [9.17, 15) is 9.59 Å². The summed E-state index contributed by atoms with van der Waals surface area (Å²) >= 11 is 0. The molecule has 1 aliphatic heterocycles. The molecule has 0 spiro atoms. The molecule has 0 saturated carbocycles. The smallest absolute Gasteiger partial charge is 0.228 e. The number of aromatic nitrogens is 2. The third-order valence-electron chi connectivity index (χ3n) is 4.24. The summed E-state index contributed by atoms with van der Waals surface area (Å²) < 4.78 is 9.67. The molecule has 0 bridgehead atoms. The first kappa shape index (κ1) is 16.4. The molecule has 1 fully saturated rings. The third kappa shape index (κ3) is 3.38. The molecule has 8 nitrogen and oxygen atoms in total. The number of carbonyl (C=O) groups excluding carboxylic acids is 2. The van der Waals surface area contributed by atoms with E-state index in [0.717, 1.165) is 5.56 Å². The Morgan fingerprint density at radius 1 is 1.42 bits per heavy atom. The summed E-state index contributed by atoms with van der Waals surface area (Å²) in [6, 6.07) is 5.55. The number of fused-ring (bicyclic) bond motifs is 1. The average molecular weight is 332 g/mol. The molecular formula is C16H20N4O4. The summed E-state index contributed by atoms with van der Waals surface area (Å²) in [5.41, 5.74) is 2.28. The highest BCUT2D eigenvalue weighted by Crippen LogP contribution is 2.21. The zero-order valence-electron chi connectivity index (χ0n) is 13.8. The van der Waals surface area contributed by atoms with Crippen LogP contribution in [0, 0.1) is 5.92 Å². The van der Waals surface area contributed by atoms with E-state index in [4.69, 9.17) is 4.74 Å². The van der Waals surface area contributed by atoms with Crippen LogP contribution >= 0.6 is 0 Å². The lowest BCUT2D eigenvalue weighted by atomic mass is 10.1. The van der Waals surface area contributed by atoms with Gasteiger partial charge in [0.15, 0.2) is 0 Å². The summed E-state index contributed by atoms with van der Waals surface area (Å²) in [5, 5.41) is 7.56. The molecule has 1 aromatic carbocycles. The Bertz CT molecular complexity index is 745. The maximum atomic E-state index is 12.6. The fourth-order valence-electron chi connectivity index (χ4n) is 2.94. The van der Waals surface area contributed by atoms with Gasteiger partial charge >= 0.3 is 0 Å². The number of hydrogen-bond donors (Lipinski definition) is 0. The van der Waals surface area contributed by atoms with Crippen molar-refractivity contribution in [3.63, 3.8) is 0 Å². The lowest BCUT2D eigenvalue weighted by Crippen LogP contribution is -2.35. The maximum Gasteiger partial charge on any atom is 0.228 e. The van der Waals surface area contributed by atoms with Crippen LogP contribution in [0.3, 0.4) is 0 Å². The van der Waals surface area contributed by atoms with Crippen molar-refractivity contribution in [1.29, 1.82) is 0 Å². The topological polar surface area (TPSA) is 88.8 Å². The fourth-order valence-corrected chi connectivity index (χ4v) is 2.94. The molecule has 3 rings (SSSR count). The lowest BCUT2D eigenvalue weighted by molar-refractivity contribution is -0.135. The van der Waals surface area contributed by atoms with Gasteiger partial charge in [-0.1, -0.05) is 6.07 Å². The second-order valence-electron chi connectivity index (χ2n) is 6.02. The van der Waals surface area contributed by atoms with E-state index in [1.54, 1.807) is 24.0 Å². The molecule has 0 radical (unpaired) electrons. The van der Waals surface area contributed by atoms with Gasteiger partial charge in [0.1, 0.15) is 11.0 Å². The quantitative estimate of drug-likeness (QED) is 0.773. The minimum atomic E-state index is -0.295. The minimum absolute atomic E-state index is 0.00823. The Kier molecular flexibility index (Phi) is 4.75. The fraction of sp³-hybridized carbons (Fsp3) is 0.500. The van der Waals surface area contributed by atoms with E-state index < -0.39 is 0 Å². The Morgan fingerprint density at radius 2 is 2.21 bits per heavy atom. The second-order valence-corrected chi connectivity index (χ2v) is 6.02. The van der Waals surface area contributed by atoms with Gasteiger partial charge in [0.2, 0.25) is 11.8 Å².